The molecular formula is C7H6ClNOS. The van der Waals surface area contributed by atoms with E-state index in [0.29, 0.717) is 0 Å². The number of halogens is 1. The standard InChI is InChI=1S/C7H6ClNOS/c8-4-5(9)3-1-2-11-7(3)6(4)10/h1-2,4-5H,9H2/t4-,5+/m1/s1. The summed E-state index contributed by atoms with van der Waals surface area (Å²) in [4.78, 5) is 12.0. The number of hydrogen-bond donors (Lipinski definition) is 1. The molecule has 2 rings (SSSR count). The lowest BCUT2D eigenvalue weighted by atomic mass is 10.2. The molecule has 0 bridgehead atoms. The van der Waals surface area contributed by atoms with Gasteiger partial charge in [0.1, 0.15) is 5.38 Å². The maximum atomic E-state index is 11.3. The van der Waals surface area contributed by atoms with Crippen LogP contribution in [0.4, 0.5) is 0 Å². The summed E-state index contributed by atoms with van der Waals surface area (Å²) in [6.07, 6.45) is 0. The van der Waals surface area contributed by atoms with E-state index in [2.05, 4.69) is 0 Å². The Kier molecular flexibility index (Phi) is 1.52. The molecule has 11 heavy (non-hydrogen) atoms. The van der Waals surface area contributed by atoms with Gasteiger partial charge in [0.2, 0.25) is 0 Å². The SMILES string of the molecule is N[C@H]1c2ccsc2C(=O)[C@@H]1Cl. The van der Waals surface area contributed by atoms with E-state index >= 15 is 0 Å². The summed E-state index contributed by atoms with van der Waals surface area (Å²) in [5, 5.41) is 1.32. The molecule has 0 unspecified atom stereocenters. The molecule has 2 atom stereocenters. The Hall–Kier alpha value is -0.380. The first-order valence-electron chi connectivity index (χ1n) is 3.23. The molecule has 0 radical (unpaired) electrons. The molecule has 58 valence electrons. The highest BCUT2D eigenvalue weighted by atomic mass is 35.5. The number of nitrogens with two attached hydrogens (primary N) is 1. The molecule has 1 heterocycles. The van der Waals surface area contributed by atoms with E-state index in [9.17, 15) is 4.79 Å². The van der Waals surface area contributed by atoms with Crippen molar-refractivity contribution in [2.45, 2.75) is 11.4 Å². The monoisotopic (exact) mass is 187 g/mol. The Morgan fingerprint density at radius 1 is 1.64 bits per heavy atom. The summed E-state index contributed by atoms with van der Waals surface area (Å²) in [7, 11) is 0. The van der Waals surface area contributed by atoms with Gasteiger partial charge in [-0.2, -0.15) is 0 Å². The van der Waals surface area contributed by atoms with Gasteiger partial charge in [-0.15, -0.1) is 22.9 Å². The maximum absolute atomic E-state index is 11.3. The van der Waals surface area contributed by atoms with Crippen molar-refractivity contribution >= 4 is 28.7 Å². The fourth-order valence-electron chi connectivity index (χ4n) is 1.23. The van der Waals surface area contributed by atoms with Gasteiger partial charge in [0.25, 0.3) is 0 Å². The minimum atomic E-state index is -0.544. The number of carbonyl (C=O) groups is 1. The topological polar surface area (TPSA) is 43.1 Å². The van der Waals surface area contributed by atoms with E-state index < -0.39 is 5.38 Å². The average Bonchev–Trinajstić information content (AvgIpc) is 2.53. The first-order chi connectivity index (χ1) is 5.22. The molecule has 1 aliphatic rings. The first-order valence-corrected chi connectivity index (χ1v) is 4.54. The van der Waals surface area contributed by atoms with Gasteiger partial charge < -0.3 is 5.73 Å². The van der Waals surface area contributed by atoms with E-state index in [4.69, 9.17) is 17.3 Å². The zero-order chi connectivity index (χ0) is 8.01. The Morgan fingerprint density at radius 2 is 2.36 bits per heavy atom. The number of ketones is 1. The zero-order valence-electron chi connectivity index (χ0n) is 5.58. The Morgan fingerprint density at radius 3 is 3.00 bits per heavy atom. The van der Waals surface area contributed by atoms with Crippen LogP contribution >= 0.6 is 22.9 Å². The Bertz CT molecular complexity index is 309. The number of Topliss-reactive ketones (excluding diaryl/α,β-unsaturated/α-hetero) is 1. The van der Waals surface area contributed by atoms with Crippen molar-refractivity contribution in [3.63, 3.8) is 0 Å². The highest BCUT2D eigenvalue weighted by Crippen LogP contribution is 2.36. The van der Waals surface area contributed by atoms with E-state index in [0.717, 1.165) is 10.4 Å². The van der Waals surface area contributed by atoms with Gasteiger partial charge >= 0.3 is 0 Å². The third kappa shape index (κ3) is 0.851. The average molecular weight is 188 g/mol. The lowest BCUT2D eigenvalue weighted by Crippen LogP contribution is -2.20. The van der Waals surface area contributed by atoms with E-state index in [1.807, 2.05) is 11.4 Å². The predicted octanol–water partition coefficient (Wildman–Crippen LogP) is 1.55. The summed E-state index contributed by atoms with van der Waals surface area (Å²) < 4.78 is 0. The van der Waals surface area contributed by atoms with Crippen LogP contribution in [-0.4, -0.2) is 11.2 Å². The largest absolute Gasteiger partial charge is 0.322 e. The summed E-state index contributed by atoms with van der Waals surface area (Å²) >= 11 is 7.17. The van der Waals surface area contributed by atoms with Crippen molar-refractivity contribution in [2.24, 2.45) is 5.73 Å². The molecule has 4 heteroatoms. The van der Waals surface area contributed by atoms with Crippen molar-refractivity contribution in [2.75, 3.05) is 0 Å². The minimum Gasteiger partial charge on any atom is -0.322 e. The van der Waals surface area contributed by atoms with Crippen LogP contribution in [0.5, 0.6) is 0 Å². The summed E-state index contributed by atoms with van der Waals surface area (Å²) in [5.41, 5.74) is 6.58. The fourth-order valence-corrected chi connectivity index (χ4v) is 2.47. The van der Waals surface area contributed by atoms with Crippen LogP contribution in [0.3, 0.4) is 0 Å². The molecule has 1 aliphatic carbocycles. The summed E-state index contributed by atoms with van der Waals surface area (Å²) in [6.45, 7) is 0. The molecule has 0 saturated heterocycles. The molecule has 0 fully saturated rings. The van der Waals surface area contributed by atoms with Gasteiger partial charge in [-0.25, -0.2) is 0 Å². The highest BCUT2D eigenvalue weighted by Gasteiger charge is 2.36. The normalized spacial score (nSPS) is 29.1. The van der Waals surface area contributed by atoms with E-state index in [-0.39, 0.29) is 11.8 Å². The minimum absolute atomic E-state index is 0.0239. The second-order valence-electron chi connectivity index (χ2n) is 2.50. The second-order valence-corrected chi connectivity index (χ2v) is 3.88. The van der Waals surface area contributed by atoms with Gasteiger partial charge in [0.05, 0.1) is 10.9 Å². The van der Waals surface area contributed by atoms with E-state index in [1.165, 1.54) is 11.3 Å². The molecule has 0 aromatic carbocycles. The lowest BCUT2D eigenvalue weighted by molar-refractivity contribution is 0.0996. The molecule has 0 saturated carbocycles. The number of hydrogen-bond acceptors (Lipinski definition) is 3. The van der Waals surface area contributed by atoms with Crippen molar-refractivity contribution in [3.8, 4) is 0 Å². The maximum Gasteiger partial charge on any atom is 0.192 e. The zero-order valence-corrected chi connectivity index (χ0v) is 7.15. The summed E-state index contributed by atoms with van der Waals surface area (Å²) in [5.74, 6) is -0.0239. The third-order valence-corrected chi connectivity index (χ3v) is 3.26. The molecule has 0 aliphatic heterocycles. The number of rotatable bonds is 0. The van der Waals surface area contributed by atoms with Crippen molar-refractivity contribution in [1.29, 1.82) is 0 Å². The summed E-state index contributed by atoms with van der Waals surface area (Å²) in [6, 6.07) is 1.57. The van der Waals surface area contributed by atoms with Gasteiger partial charge in [-0.05, 0) is 17.0 Å². The molecular weight excluding hydrogens is 182 g/mol. The van der Waals surface area contributed by atoms with Crippen molar-refractivity contribution < 1.29 is 4.79 Å². The molecule has 0 spiro atoms. The van der Waals surface area contributed by atoms with Crippen LogP contribution in [0.15, 0.2) is 11.4 Å². The first kappa shape index (κ1) is 7.28. The number of alkyl halides is 1. The smallest absolute Gasteiger partial charge is 0.192 e. The van der Waals surface area contributed by atoms with Gasteiger partial charge in [0.15, 0.2) is 5.78 Å². The van der Waals surface area contributed by atoms with Gasteiger partial charge in [0, 0.05) is 0 Å². The van der Waals surface area contributed by atoms with Crippen LogP contribution in [0.25, 0.3) is 0 Å². The van der Waals surface area contributed by atoms with Crippen LogP contribution in [-0.2, 0) is 0 Å². The predicted molar refractivity (Wildman–Crippen MR) is 45.2 cm³/mol. The van der Waals surface area contributed by atoms with Crippen LogP contribution in [0, 0.1) is 0 Å². The molecule has 2 nitrogen and oxygen atoms in total. The van der Waals surface area contributed by atoms with Crippen LogP contribution in [0.2, 0.25) is 0 Å². The van der Waals surface area contributed by atoms with E-state index in [1.54, 1.807) is 0 Å². The second kappa shape index (κ2) is 2.30. The van der Waals surface area contributed by atoms with Crippen LogP contribution in [0.1, 0.15) is 21.3 Å². The molecule has 0 amide bonds. The molecule has 1 aromatic heterocycles. The number of thiophene rings is 1. The fraction of sp³-hybridized carbons (Fsp3) is 0.286. The Labute approximate surface area is 73.0 Å². The lowest BCUT2D eigenvalue weighted by Gasteiger charge is -2.04. The highest BCUT2D eigenvalue weighted by molar-refractivity contribution is 7.12. The van der Waals surface area contributed by atoms with Crippen LogP contribution < -0.4 is 5.73 Å². The Balaban J connectivity index is 2.56. The van der Waals surface area contributed by atoms with Gasteiger partial charge in [-0.1, -0.05) is 0 Å². The van der Waals surface area contributed by atoms with Gasteiger partial charge in [-0.3, -0.25) is 4.79 Å². The molecule has 1 aromatic rings. The number of fused-ring (bicyclic) bond motifs is 1. The molecule has 2 N–H and O–H groups in total. The van der Waals surface area contributed by atoms with Crippen molar-refractivity contribution in [1.82, 2.24) is 0 Å². The quantitative estimate of drug-likeness (QED) is 0.627. The third-order valence-electron chi connectivity index (χ3n) is 1.84. The van der Waals surface area contributed by atoms with Crippen molar-refractivity contribution in [3.05, 3.63) is 21.9 Å². The number of carbonyl (C=O) groups excluding carboxylic acids is 1.